The summed E-state index contributed by atoms with van der Waals surface area (Å²) in [6.07, 6.45) is -4.25. The van der Waals surface area contributed by atoms with Gasteiger partial charge in [-0.15, -0.1) is 0 Å². The van der Waals surface area contributed by atoms with E-state index in [-0.39, 0.29) is 23.0 Å². The molecule has 35 heavy (non-hydrogen) atoms. The maximum atomic E-state index is 12.7. The number of nitrogens with zero attached hydrogens (tertiary/aromatic N) is 2. The number of benzene rings is 1. The third kappa shape index (κ3) is 13.8. The maximum Gasteiger partial charge on any atom is 0.416 e. The van der Waals surface area contributed by atoms with Crippen molar-refractivity contribution < 1.29 is 57.6 Å². The predicted molar refractivity (Wildman–Crippen MR) is 114 cm³/mol. The third-order valence-electron chi connectivity index (χ3n) is 4.18. The molecule has 1 heterocycles. The van der Waals surface area contributed by atoms with E-state index in [4.69, 9.17) is 51.2 Å². The number of hydrogen-bond acceptors (Lipinski definition) is 7. The van der Waals surface area contributed by atoms with Gasteiger partial charge >= 0.3 is 30.1 Å². The summed E-state index contributed by atoms with van der Waals surface area (Å²) < 4.78 is 38.1. The lowest BCUT2D eigenvalue weighted by atomic mass is 10.2. The van der Waals surface area contributed by atoms with Crippen molar-refractivity contribution >= 4 is 47.1 Å². The summed E-state index contributed by atoms with van der Waals surface area (Å²) >= 11 is 5.86. The molecule has 1 aromatic carbocycles. The number of carbonyl (C=O) groups excluding carboxylic acids is 1. The average molecular weight is 530 g/mol. The van der Waals surface area contributed by atoms with Crippen LogP contribution < -0.4 is 5.32 Å². The van der Waals surface area contributed by atoms with Crippen molar-refractivity contribution in [2.45, 2.75) is 12.6 Å². The van der Waals surface area contributed by atoms with Crippen molar-refractivity contribution in [3.8, 4) is 0 Å². The minimum atomic E-state index is -4.47. The van der Waals surface area contributed by atoms with Crippen LogP contribution in [0.3, 0.4) is 0 Å². The molecule has 1 amide bonds. The average Bonchev–Trinajstić information content (AvgIpc) is 2.75. The fraction of sp³-hybridized carbons (Fsp3) is 0.421. The SMILES string of the molecule is CN1CCN(CCC(=O)Nc2cc(C(F)(F)F)ccc2Cl)CC1.O=C(O)C(=O)O.O=C(O)C(=O)O. The Balaban J connectivity index is 0.000000797. The van der Waals surface area contributed by atoms with Crippen molar-refractivity contribution in [1.82, 2.24) is 9.80 Å². The van der Waals surface area contributed by atoms with E-state index in [1.807, 2.05) is 7.05 Å². The van der Waals surface area contributed by atoms with Gasteiger partial charge in [-0.25, -0.2) is 19.2 Å². The molecule has 1 aliphatic heterocycles. The van der Waals surface area contributed by atoms with Gasteiger partial charge in [0.05, 0.1) is 16.3 Å². The first kappa shape index (κ1) is 31.6. The Morgan fingerprint density at radius 2 is 1.37 bits per heavy atom. The van der Waals surface area contributed by atoms with E-state index in [0.717, 1.165) is 44.4 Å². The number of piperazine rings is 1. The van der Waals surface area contributed by atoms with Crippen LogP contribution in [0.25, 0.3) is 0 Å². The summed E-state index contributed by atoms with van der Waals surface area (Å²) in [5.41, 5.74) is -0.846. The Bertz CT molecular complexity index is 873. The van der Waals surface area contributed by atoms with Gasteiger partial charge in [0.25, 0.3) is 0 Å². The summed E-state index contributed by atoms with van der Waals surface area (Å²) in [4.78, 5) is 52.7. The molecule has 2 rings (SSSR count). The van der Waals surface area contributed by atoms with E-state index in [1.165, 1.54) is 0 Å². The van der Waals surface area contributed by atoms with E-state index in [0.29, 0.717) is 6.54 Å². The number of halogens is 4. The van der Waals surface area contributed by atoms with Gasteiger partial charge in [0.15, 0.2) is 0 Å². The number of carboxylic acid groups (broad SMARTS) is 4. The highest BCUT2D eigenvalue weighted by Crippen LogP contribution is 2.33. The molecule has 0 atom stereocenters. The Morgan fingerprint density at radius 3 is 1.77 bits per heavy atom. The number of aliphatic carboxylic acids is 4. The summed E-state index contributed by atoms with van der Waals surface area (Å²) in [5.74, 6) is -7.64. The van der Waals surface area contributed by atoms with Crippen LogP contribution in [0.2, 0.25) is 5.02 Å². The fourth-order valence-electron chi connectivity index (χ4n) is 2.34. The van der Waals surface area contributed by atoms with Gasteiger partial charge in [0.1, 0.15) is 0 Å². The van der Waals surface area contributed by atoms with E-state index in [2.05, 4.69) is 15.1 Å². The van der Waals surface area contributed by atoms with E-state index >= 15 is 0 Å². The van der Waals surface area contributed by atoms with Crippen LogP contribution >= 0.6 is 11.6 Å². The van der Waals surface area contributed by atoms with E-state index < -0.39 is 35.6 Å². The summed E-state index contributed by atoms with van der Waals surface area (Å²) in [7, 11) is 2.04. The van der Waals surface area contributed by atoms with Crippen LogP contribution in [0.1, 0.15) is 12.0 Å². The Labute approximate surface area is 201 Å². The quantitative estimate of drug-likeness (QED) is 0.353. The number of anilines is 1. The monoisotopic (exact) mass is 529 g/mol. The number of alkyl halides is 3. The molecule has 12 nitrogen and oxygen atoms in total. The number of hydrogen-bond donors (Lipinski definition) is 5. The number of carboxylic acids is 4. The van der Waals surface area contributed by atoms with Crippen LogP contribution in [0.4, 0.5) is 18.9 Å². The fourth-order valence-corrected chi connectivity index (χ4v) is 2.51. The van der Waals surface area contributed by atoms with Crippen molar-refractivity contribution in [2.75, 3.05) is 45.1 Å². The number of amides is 1. The normalized spacial score (nSPS) is 13.9. The second-order valence-electron chi connectivity index (χ2n) is 6.86. The molecule has 0 aliphatic carbocycles. The first-order valence-electron chi connectivity index (χ1n) is 9.54. The zero-order chi connectivity index (χ0) is 27.3. The van der Waals surface area contributed by atoms with Gasteiger partial charge in [0, 0.05) is 39.1 Å². The largest absolute Gasteiger partial charge is 0.473 e. The molecule has 1 saturated heterocycles. The molecule has 1 aromatic rings. The zero-order valence-corrected chi connectivity index (χ0v) is 19.0. The van der Waals surface area contributed by atoms with Crippen molar-refractivity contribution in [3.05, 3.63) is 28.8 Å². The third-order valence-corrected chi connectivity index (χ3v) is 4.51. The van der Waals surface area contributed by atoms with Crippen LogP contribution in [-0.4, -0.2) is 99.8 Å². The Kier molecular flexibility index (Phi) is 13.3. The first-order valence-corrected chi connectivity index (χ1v) is 9.92. The number of nitrogens with one attached hydrogen (secondary N) is 1. The molecule has 0 saturated carbocycles. The van der Waals surface area contributed by atoms with Crippen LogP contribution in [0, 0.1) is 0 Å². The molecule has 0 unspecified atom stereocenters. The van der Waals surface area contributed by atoms with Crippen molar-refractivity contribution in [1.29, 1.82) is 0 Å². The Hall–Kier alpha value is -3.43. The van der Waals surface area contributed by atoms with Crippen LogP contribution in [0.15, 0.2) is 18.2 Å². The van der Waals surface area contributed by atoms with Crippen molar-refractivity contribution in [3.63, 3.8) is 0 Å². The molecule has 0 radical (unpaired) electrons. The summed E-state index contributed by atoms with van der Waals surface area (Å²) in [5, 5.41) is 32.1. The van der Waals surface area contributed by atoms with Crippen LogP contribution in [0.5, 0.6) is 0 Å². The summed E-state index contributed by atoms with van der Waals surface area (Å²) in [6.45, 7) is 4.24. The number of likely N-dealkylation sites (N-methyl/N-ethyl adjacent to an activating group) is 1. The van der Waals surface area contributed by atoms with Gasteiger partial charge in [-0.1, -0.05) is 11.6 Å². The molecule has 0 spiro atoms. The smallest absolute Gasteiger partial charge is 0.416 e. The van der Waals surface area contributed by atoms with Gasteiger partial charge < -0.3 is 35.5 Å². The van der Waals surface area contributed by atoms with Gasteiger partial charge in [0.2, 0.25) is 5.91 Å². The second kappa shape index (κ2) is 14.7. The molecule has 196 valence electrons. The summed E-state index contributed by atoms with van der Waals surface area (Å²) in [6, 6.07) is 2.89. The van der Waals surface area contributed by atoms with Crippen molar-refractivity contribution in [2.24, 2.45) is 0 Å². The highest BCUT2D eigenvalue weighted by atomic mass is 35.5. The number of rotatable bonds is 4. The lowest BCUT2D eigenvalue weighted by Crippen LogP contribution is -2.45. The number of carbonyl (C=O) groups is 5. The van der Waals surface area contributed by atoms with Gasteiger partial charge in [-0.2, -0.15) is 13.2 Å². The van der Waals surface area contributed by atoms with E-state index in [1.54, 1.807) is 0 Å². The molecular formula is C19H23ClF3N3O9. The highest BCUT2D eigenvalue weighted by molar-refractivity contribution is 6.33. The predicted octanol–water partition coefficient (Wildman–Crippen LogP) is 1.25. The second-order valence-corrected chi connectivity index (χ2v) is 7.26. The van der Waals surface area contributed by atoms with Crippen LogP contribution in [-0.2, 0) is 30.1 Å². The van der Waals surface area contributed by atoms with E-state index in [9.17, 15) is 18.0 Å². The molecule has 1 aliphatic rings. The topological polar surface area (TPSA) is 185 Å². The molecule has 1 fully saturated rings. The highest BCUT2D eigenvalue weighted by Gasteiger charge is 2.31. The molecule has 0 aromatic heterocycles. The first-order chi connectivity index (χ1) is 16.0. The maximum absolute atomic E-state index is 12.7. The zero-order valence-electron chi connectivity index (χ0n) is 18.2. The minimum Gasteiger partial charge on any atom is -0.473 e. The molecule has 0 bridgehead atoms. The lowest BCUT2D eigenvalue weighted by Gasteiger charge is -2.32. The minimum absolute atomic E-state index is 0.00938. The van der Waals surface area contributed by atoms with Gasteiger partial charge in [-0.05, 0) is 25.2 Å². The van der Waals surface area contributed by atoms with Gasteiger partial charge in [-0.3, -0.25) is 4.79 Å². The molecular weight excluding hydrogens is 507 g/mol. The lowest BCUT2D eigenvalue weighted by molar-refractivity contribution is -0.159. The Morgan fingerprint density at radius 1 is 0.914 bits per heavy atom. The molecule has 16 heteroatoms. The standard InChI is InChI=1S/C15H19ClF3N3O.2C2H2O4/c1-21-6-8-22(9-7-21)5-4-14(23)20-13-10-11(15(17,18)19)2-3-12(13)16;2*3-1(4)2(5)6/h2-3,10H,4-9H2,1H3,(H,20,23);2*(H,3,4)(H,5,6). The molecule has 5 N–H and O–H groups in total.